The molecule has 0 amide bonds. The van der Waals surface area contributed by atoms with Crippen molar-refractivity contribution in [2.45, 2.75) is 0 Å². The molecule has 0 atom stereocenters. The molecule has 0 fully saturated rings. The maximum Gasteiger partial charge on any atom is 0.0886 e. The molecule has 3 heteroatoms. The van der Waals surface area contributed by atoms with Gasteiger partial charge in [0.2, 0.25) is 0 Å². The largest absolute Gasteiger partial charge is 0.255 e. The monoisotopic (exact) mass is 280 g/mol. The predicted molar refractivity (Wildman–Crippen MR) is 69.5 cm³/mol. The fourth-order valence-corrected chi connectivity index (χ4v) is 1.35. The average molecular weight is 280 g/mol. The van der Waals surface area contributed by atoms with Crippen LogP contribution in [0.2, 0.25) is 0 Å². The molecule has 1 aromatic carbocycles. The minimum atomic E-state index is 0. The minimum absolute atomic E-state index is 0. The van der Waals surface area contributed by atoms with Crippen molar-refractivity contribution in [3.05, 3.63) is 79.1 Å². The number of hydrogen-bond acceptors (Lipinski definition) is 2. The van der Waals surface area contributed by atoms with Crippen LogP contribution in [0.3, 0.4) is 0 Å². The maximum atomic E-state index is 4.19. The molecule has 0 unspecified atom stereocenters. The van der Waals surface area contributed by atoms with E-state index in [4.69, 9.17) is 0 Å². The van der Waals surface area contributed by atoms with Gasteiger partial charge in [0.1, 0.15) is 0 Å². The SMILES string of the molecule is [Co].c1cc[cH-]c1.c1ccc(-c2ccccn2)nc1. The Labute approximate surface area is 117 Å². The Morgan fingerprint density at radius 3 is 1.44 bits per heavy atom. The molecule has 0 spiro atoms. The van der Waals surface area contributed by atoms with Crippen molar-refractivity contribution >= 4 is 0 Å². The van der Waals surface area contributed by atoms with E-state index in [-0.39, 0.29) is 16.8 Å². The zero-order chi connectivity index (χ0) is 11.8. The minimum Gasteiger partial charge on any atom is -0.255 e. The standard InChI is InChI=1S/C10H8N2.C5H5.Co/c1-3-7-11-9(5-1)10-6-2-4-8-12-10;1-2-4-5-3-1;/h1-8H;1-5H;/q;-1;. The molecule has 0 aliphatic rings. The third-order valence-corrected chi connectivity index (χ3v) is 2.15. The summed E-state index contributed by atoms with van der Waals surface area (Å²) in [5.74, 6) is 0. The summed E-state index contributed by atoms with van der Waals surface area (Å²) in [6.45, 7) is 0. The van der Waals surface area contributed by atoms with E-state index >= 15 is 0 Å². The molecule has 0 saturated carbocycles. The van der Waals surface area contributed by atoms with Gasteiger partial charge in [-0.15, -0.1) is 0 Å². The van der Waals surface area contributed by atoms with Gasteiger partial charge in [-0.1, -0.05) is 12.1 Å². The van der Waals surface area contributed by atoms with Crippen molar-refractivity contribution in [1.82, 2.24) is 9.97 Å². The van der Waals surface area contributed by atoms with Crippen molar-refractivity contribution in [3.63, 3.8) is 0 Å². The van der Waals surface area contributed by atoms with E-state index in [2.05, 4.69) is 9.97 Å². The van der Waals surface area contributed by atoms with Crippen molar-refractivity contribution in [2.75, 3.05) is 0 Å². The van der Waals surface area contributed by atoms with Gasteiger partial charge >= 0.3 is 0 Å². The zero-order valence-electron chi connectivity index (χ0n) is 9.73. The van der Waals surface area contributed by atoms with Crippen LogP contribution in [-0.2, 0) is 16.8 Å². The second-order valence-electron chi connectivity index (χ2n) is 3.39. The van der Waals surface area contributed by atoms with Gasteiger partial charge in [-0.25, -0.2) is 12.1 Å². The zero-order valence-corrected chi connectivity index (χ0v) is 10.8. The fraction of sp³-hybridized carbons (Fsp3) is 0. The Bertz CT molecular complexity index is 452. The Kier molecular flexibility index (Phi) is 6.54. The van der Waals surface area contributed by atoms with E-state index in [0.29, 0.717) is 0 Å². The quantitative estimate of drug-likeness (QED) is 0.637. The molecule has 0 bridgehead atoms. The van der Waals surface area contributed by atoms with Crippen LogP contribution in [0.5, 0.6) is 0 Å². The number of nitrogens with zero attached hydrogens (tertiary/aromatic N) is 2. The first-order chi connectivity index (χ1) is 8.47. The van der Waals surface area contributed by atoms with E-state index in [1.807, 2.05) is 66.7 Å². The molecule has 93 valence electrons. The smallest absolute Gasteiger partial charge is 0.0886 e. The molecule has 1 radical (unpaired) electrons. The van der Waals surface area contributed by atoms with Gasteiger partial charge in [0, 0.05) is 29.2 Å². The molecular formula is C15H13CoN2-. The number of hydrogen-bond donors (Lipinski definition) is 0. The van der Waals surface area contributed by atoms with E-state index in [1.165, 1.54) is 0 Å². The molecule has 0 saturated heterocycles. The summed E-state index contributed by atoms with van der Waals surface area (Å²) in [5.41, 5.74) is 1.83. The van der Waals surface area contributed by atoms with Gasteiger partial charge in [0.05, 0.1) is 11.4 Å². The molecule has 3 rings (SSSR count). The van der Waals surface area contributed by atoms with Gasteiger partial charge < -0.3 is 0 Å². The second kappa shape index (κ2) is 8.28. The van der Waals surface area contributed by atoms with Gasteiger partial charge in [0.15, 0.2) is 0 Å². The van der Waals surface area contributed by atoms with Gasteiger partial charge in [-0.2, -0.15) is 18.2 Å². The van der Waals surface area contributed by atoms with E-state index in [1.54, 1.807) is 12.4 Å². The van der Waals surface area contributed by atoms with E-state index in [0.717, 1.165) is 11.4 Å². The van der Waals surface area contributed by atoms with Crippen LogP contribution in [0, 0.1) is 0 Å². The fourth-order valence-electron chi connectivity index (χ4n) is 1.35. The van der Waals surface area contributed by atoms with Crippen LogP contribution in [0.15, 0.2) is 79.1 Å². The van der Waals surface area contributed by atoms with Gasteiger partial charge in [0.25, 0.3) is 0 Å². The first-order valence-electron chi connectivity index (χ1n) is 5.46. The van der Waals surface area contributed by atoms with Crippen molar-refractivity contribution < 1.29 is 16.8 Å². The Balaban J connectivity index is 0.000000230. The topological polar surface area (TPSA) is 25.8 Å². The van der Waals surface area contributed by atoms with Crippen LogP contribution >= 0.6 is 0 Å². The Morgan fingerprint density at radius 2 is 1.17 bits per heavy atom. The molecule has 3 aromatic rings. The number of aromatic nitrogens is 2. The van der Waals surface area contributed by atoms with Crippen molar-refractivity contribution in [2.24, 2.45) is 0 Å². The summed E-state index contributed by atoms with van der Waals surface area (Å²) >= 11 is 0. The first kappa shape index (κ1) is 14.2. The van der Waals surface area contributed by atoms with Crippen LogP contribution in [0.4, 0.5) is 0 Å². The second-order valence-corrected chi connectivity index (χ2v) is 3.39. The normalized spacial score (nSPS) is 8.67. The number of rotatable bonds is 1. The molecule has 0 N–H and O–H groups in total. The van der Waals surface area contributed by atoms with Crippen molar-refractivity contribution in [3.8, 4) is 11.4 Å². The Hall–Kier alpha value is -1.84. The van der Waals surface area contributed by atoms with Gasteiger partial charge in [-0.05, 0) is 24.3 Å². The summed E-state index contributed by atoms with van der Waals surface area (Å²) in [6.07, 6.45) is 3.54. The summed E-state index contributed by atoms with van der Waals surface area (Å²) < 4.78 is 0. The number of pyridine rings is 2. The van der Waals surface area contributed by atoms with Gasteiger partial charge in [-0.3, -0.25) is 9.97 Å². The maximum absolute atomic E-state index is 4.19. The molecule has 0 aliphatic heterocycles. The molecule has 2 aromatic heterocycles. The van der Waals surface area contributed by atoms with E-state index < -0.39 is 0 Å². The molecule has 18 heavy (non-hydrogen) atoms. The van der Waals surface area contributed by atoms with Crippen LogP contribution in [0.1, 0.15) is 0 Å². The summed E-state index contributed by atoms with van der Waals surface area (Å²) in [4.78, 5) is 8.37. The van der Waals surface area contributed by atoms with Crippen LogP contribution in [0.25, 0.3) is 11.4 Å². The van der Waals surface area contributed by atoms with Crippen LogP contribution < -0.4 is 0 Å². The summed E-state index contributed by atoms with van der Waals surface area (Å²) in [7, 11) is 0. The first-order valence-corrected chi connectivity index (χ1v) is 5.46. The summed E-state index contributed by atoms with van der Waals surface area (Å²) in [6, 6.07) is 21.6. The molecular weight excluding hydrogens is 267 g/mol. The molecule has 2 nitrogen and oxygen atoms in total. The molecule has 2 heterocycles. The average Bonchev–Trinajstić information content (AvgIpc) is 3.00. The molecule has 0 aliphatic carbocycles. The summed E-state index contributed by atoms with van der Waals surface area (Å²) in [5, 5.41) is 0. The van der Waals surface area contributed by atoms with E-state index in [9.17, 15) is 0 Å². The predicted octanol–water partition coefficient (Wildman–Crippen LogP) is 3.55. The van der Waals surface area contributed by atoms with Crippen LogP contribution in [-0.4, -0.2) is 9.97 Å². The Morgan fingerprint density at radius 1 is 0.667 bits per heavy atom. The third-order valence-electron chi connectivity index (χ3n) is 2.15. The third kappa shape index (κ3) is 4.57. The van der Waals surface area contributed by atoms with Crippen molar-refractivity contribution in [1.29, 1.82) is 0 Å².